The highest BCUT2D eigenvalue weighted by molar-refractivity contribution is 5.79. The van der Waals surface area contributed by atoms with E-state index in [9.17, 15) is 4.79 Å². The number of carbonyl (C=O) groups is 1. The van der Waals surface area contributed by atoms with Gasteiger partial charge >= 0.3 is 0 Å². The average molecular weight is 300 g/mol. The van der Waals surface area contributed by atoms with Crippen molar-refractivity contribution >= 4 is 11.6 Å². The molecule has 1 aromatic carbocycles. The maximum absolute atomic E-state index is 12.2. The lowest BCUT2D eigenvalue weighted by Gasteiger charge is -2.29. The number of nitrogens with zero attached hydrogens (tertiary/aromatic N) is 1. The Labute approximate surface area is 134 Å². The normalized spacial score (nSPS) is 20.9. The van der Waals surface area contributed by atoms with E-state index in [2.05, 4.69) is 41.4 Å². The van der Waals surface area contributed by atoms with Crippen LogP contribution in [0.2, 0.25) is 0 Å². The molecular formula is C19H28N2O. The van der Waals surface area contributed by atoms with E-state index in [1.807, 2.05) is 0 Å². The highest BCUT2D eigenvalue weighted by atomic mass is 16.1. The fourth-order valence-electron chi connectivity index (χ4n) is 3.73. The van der Waals surface area contributed by atoms with Gasteiger partial charge in [-0.25, -0.2) is 0 Å². The number of carbonyl (C=O) groups excluding carboxylic acids is 1. The first kappa shape index (κ1) is 15.4. The van der Waals surface area contributed by atoms with Crippen molar-refractivity contribution in [3.05, 3.63) is 29.8 Å². The monoisotopic (exact) mass is 300 g/mol. The van der Waals surface area contributed by atoms with Crippen molar-refractivity contribution < 1.29 is 4.79 Å². The minimum atomic E-state index is 0.100. The maximum Gasteiger partial charge on any atom is 0.223 e. The number of hydrogen-bond acceptors (Lipinski definition) is 2. The van der Waals surface area contributed by atoms with Crippen molar-refractivity contribution in [1.82, 2.24) is 5.32 Å². The minimum Gasteiger partial charge on any atom is -0.372 e. The molecule has 120 valence electrons. The predicted octanol–water partition coefficient (Wildman–Crippen LogP) is 4.04. The van der Waals surface area contributed by atoms with Crippen LogP contribution in [0.1, 0.15) is 63.5 Å². The van der Waals surface area contributed by atoms with Gasteiger partial charge in [-0.15, -0.1) is 0 Å². The van der Waals surface area contributed by atoms with Crippen molar-refractivity contribution in [2.75, 3.05) is 18.0 Å². The summed E-state index contributed by atoms with van der Waals surface area (Å²) in [6.45, 7) is 4.43. The third-order valence-electron chi connectivity index (χ3n) is 5.20. The third kappa shape index (κ3) is 3.63. The van der Waals surface area contributed by atoms with Gasteiger partial charge in [0.05, 0.1) is 6.04 Å². The quantitative estimate of drug-likeness (QED) is 0.910. The standard InChI is InChI=1S/C19H28N2O/c1-15(20-19(22)17-7-3-4-8-17)16-9-11-18(12-10-16)21-13-5-2-6-14-21/h9-12,15,17H,2-8,13-14H2,1H3,(H,20,22)/t15-/m0/s1. The van der Waals surface area contributed by atoms with Gasteiger partial charge in [0.1, 0.15) is 0 Å². The Morgan fingerprint density at radius 1 is 1.05 bits per heavy atom. The van der Waals surface area contributed by atoms with E-state index in [1.165, 1.54) is 56.4 Å². The summed E-state index contributed by atoms with van der Waals surface area (Å²) in [5, 5.41) is 3.18. The molecule has 3 nitrogen and oxygen atoms in total. The first-order valence-electron chi connectivity index (χ1n) is 8.89. The van der Waals surface area contributed by atoms with Gasteiger partial charge in [0.2, 0.25) is 5.91 Å². The molecular weight excluding hydrogens is 272 g/mol. The summed E-state index contributed by atoms with van der Waals surface area (Å²) in [6, 6.07) is 8.86. The van der Waals surface area contributed by atoms with E-state index in [4.69, 9.17) is 0 Å². The summed E-state index contributed by atoms with van der Waals surface area (Å²) in [4.78, 5) is 14.7. The number of anilines is 1. The topological polar surface area (TPSA) is 32.3 Å². The van der Waals surface area contributed by atoms with Gasteiger partial charge in [0, 0.05) is 24.7 Å². The molecule has 0 bridgehead atoms. The zero-order chi connectivity index (χ0) is 15.4. The molecule has 3 rings (SSSR count). The molecule has 0 unspecified atom stereocenters. The lowest BCUT2D eigenvalue weighted by atomic mass is 10.0. The van der Waals surface area contributed by atoms with E-state index < -0.39 is 0 Å². The molecule has 1 atom stereocenters. The Kier molecular flexibility index (Phi) is 5.01. The van der Waals surface area contributed by atoms with Crippen LogP contribution in [-0.4, -0.2) is 19.0 Å². The van der Waals surface area contributed by atoms with Crippen molar-refractivity contribution in [3.8, 4) is 0 Å². The van der Waals surface area contributed by atoms with Gasteiger partial charge in [-0.05, 0) is 56.7 Å². The first-order valence-corrected chi connectivity index (χ1v) is 8.89. The minimum absolute atomic E-state index is 0.100. The molecule has 0 radical (unpaired) electrons. The summed E-state index contributed by atoms with van der Waals surface area (Å²) in [7, 11) is 0. The molecule has 1 saturated carbocycles. The molecule has 1 aliphatic carbocycles. The van der Waals surface area contributed by atoms with E-state index in [0.717, 1.165) is 12.8 Å². The van der Waals surface area contributed by atoms with Crippen LogP contribution in [0.5, 0.6) is 0 Å². The predicted molar refractivity (Wildman–Crippen MR) is 91.0 cm³/mol. The van der Waals surface area contributed by atoms with E-state index >= 15 is 0 Å². The molecule has 0 aromatic heterocycles. The molecule has 1 heterocycles. The summed E-state index contributed by atoms with van der Waals surface area (Å²) in [5.41, 5.74) is 2.52. The lowest BCUT2D eigenvalue weighted by molar-refractivity contribution is -0.125. The van der Waals surface area contributed by atoms with Crippen LogP contribution in [0.15, 0.2) is 24.3 Å². The maximum atomic E-state index is 12.2. The van der Waals surface area contributed by atoms with Crippen LogP contribution in [0.25, 0.3) is 0 Å². The number of nitrogens with one attached hydrogen (secondary N) is 1. The van der Waals surface area contributed by atoms with Gasteiger partial charge < -0.3 is 10.2 Å². The Bertz CT molecular complexity index is 485. The van der Waals surface area contributed by atoms with Gasteiger partial charge in [-0.3, -0.25) is 4.79 Å². The van der Waals surface area contributed by atoms with Crippen molar-refractivity contribution in [3.63, 3.8) is 0 Å². The zero-order valence-electron chi connectivity index (χ0n) is 13.7. The summed E-state index contributed by atoms with van der Waals surface area (Å²) >= 11 is 0. The zero-order valence-corrected chi connectivity index (χ0v) is 13.7. The highest BCUT2D eigenvalue weighted by Crippen LogP contribution is 2.26. The summed E-state index contributed by atoms with van der Waals surface area (Å²) in [5.74, 6) is 0.486. The molecule has 1 N–H and O–H groups in total. The summed E-state index contributed by atoms with van der Waals surface area (Å²) < 4.78 is 0. The van der Waals surface area contributed by atoms with Crippen molar-refractivity contribution in [2.24, 2.45) is 5.92 Å². The molecule has 1 aromatic rings. The van der Waals surface area contributed by atoms with E-state index in [0.29, 0.717) is 0 Å². The number of benzene rings is 1. The number of amides is 1. The van der Waals surface area contributed by atoms with Gasteiger partial charge in [0.15, 0.2) is 0 Å². The first-order chi connectivity index (χ1) is 10.7. The Hall–Kier alpha value is -1.51. The molecule has 1 aliphatic heterocycles. The molecule has 3 heteroatoms. The Balaban J connectivity index is 1.58. The van der Waals surface area contributed by atoms with Crippen LogP contribution in [0, 0.1) is 5.92 Å². The largest absolute Gasteiger partial charge is 0.372 e. The fraction of sp³-hybridized carbons (Fsp3) is 0.632. The Morgan fingerprint density at radius 3 is 2.32 bits per heavy atom. The smallest absolute Gasteiger partial charge is 0.223 e. The molecule has 0 spiro atoms. The number of piperidine rings is 1. The van der Waals surface area contributed by atoms with Gasteiger partial charge in [-0.2, -0.15) is 0 Å². The van der Waals surface area contributed by atoms with Gasteiger partial charge in [-0.1, -0.05) is 25.0 Å². The second-order valence-electron chi connectivity index (χ2n) is 6.85. The molecule has 2 aliphatic rings. The molecule has 1 amide bonds. The summed E-state index contributed by atoms with van der Waals surface area (Å²) in [6.07, 6.45) is 8.50. The van der Waals surface area contributed by atoms with Crippen LogP contribution in [-0.2, 0) is 4.79 Å². The van der Waals surface area contributed by atoms with Crippen LogP contribution in [0.4, 0.5) is 5.69 Å². The molecule has 2 fully saturated rings. The number of rotatable bonds is 4. The van der Waals surface area contributed by atoms with E-state index in [-0.39, 0.29) is 17.9 Å². The van der Waals surface area contributed by atoms with Gasteiger partial charge in [0.25, 0.3) is 0 Å². The number of hydrogen-bond donors (Lipinski definition) is 1. The second kappa shape index (κ2) is 7.17. The lowest BCUT2D eigenvalue weighted by Crippen LogP contribution is -2.32. The molecule has 1 saturated heterocycles. The van der Waals surface area contributed by atoms with Crippen molar-refractivity contribution in [1.29, 1.82) is 0 Å². The Morgan fingerprint density at radius 2 is 1.68 bits per heavy atom. The second-order valence-corrected chi connectivity index (χ2v) is 6.85. The van der Waals surface area contributed by atoms with Crippen LogP contribution >= 0.6 is 0 Å². The van der Waals surface area contributed by atoms with E-state index in [1.54, 1.807) is 0 Å². The van der Waals surface area contributed by atoms with Crippen molar-refractivity contribution in [2.45, 2.75) is 57.9 Å². The SMILES string of the molecule is C[C@H](NC(=O)C1CCCC1)c1ccc(N2CCCCC2)cc1. The third-order valence-corrected chi connectivity index (χ3v) is 5.20. The average Bonchev–Trinajstić information content (AvgIpc) is 3.10. The highest BCUT2D eigenvalue weighted by Gasteiger charge is 2.23. The van der Waals surface area contributed by atoms with Crippen LogP contribution in [0.3, 0.4) is 0 Å². The molecule has 22 heavy (non-hydrogen) atoms. The van der Waals surface area contributed by atoms with Crippen LogP contribution < -0.4 is 10.2 Å². The fourth-order valence-corrected chi connectivity index (χ4v) is 3.73.